The van der Waals surface area contributed by atoms with E-state index in [4.69, 9.17) is 9.47 Å². The van der Waals surface area contributed by atoms with Gasteiger partial charge in [-0.25, -0.2) is 9.59 Å². The van der Waals surface area contributed by atoms with Crippen molar-refractivity contribution in [1.29, 1.82) is 0 Å². The van der Waals surface area contributed by atoms with E-state index in [2.05, 4.69) is 15.4 Å². The van der Waals surface area contributed by atoms with Crippen LogP contribution < -0.4 is 10.6 Å². The number of amides is 2. The van der Waals surface area contributed by atoms with Crippen LogP contribution in [0.1, 0.15) is 32.8 Å². The molecule has 0 unspecified atom stereocenters. The smallest absolute Gasteiger partial charge is 0.408 e. The monoisotopic (exact) mass is 424 g/mol. The van der Waals surface area contributed by atoms with Gasteiger partial charge in [-0.15, -0.1) is 0 Å². The predicted octanol–water partition coefficient (Wildman–Crippen LogP) is 0.663. The standard InChI is InChI=1S/C20H28N2O8/c1-20(2,3)30-16(24)10-14(18(26)28-4)21-17(25)15(11-23)22-19(27)29-12-13-8-6-5-7-9-13/h5-9,14-15,23H,10-12H2,1-4H3,(H,21,25)(H,22,27)/t14-,15+/m1/s1. The van der Waals surface area contributed by atoms with Gasteiger partial charge in [0.05, 0.1) is 20.1 Å². The van der Waals surface area contributed by atoms with E-state index in [0.29, 0.717) is 0 Å². The molecule has 1 rings (SSSR count). The molecule has 0 aliphatic rings. The molecule has 0 aliphatic carbocycles. The number of alkyl carbamates (subject to hydrolysis) is 1. The van der Waals surface area contributed by atoms with Crippen LogP contribution in [0.5, 0.6) is 0 Å². The Bertz CT molecular complexity index is 730. The lowest BCUT2D eigenvalue weighted by Crippen LogP contribution is -2.54. The fourth-order valence-corrected chi connectivity index (χ4v) is 2.26. The van der Waals surface area contributed by atoms with E-state index >= 15 is 0 Å². The molecule has 10 nitrogen and oxygen atoms in total. The Hall–Kier alpha value is -3.14. The first kappa shape index (κ1) is 24.9. The van der Waals surface area contributed by atoms with Gasteiger partial charge in [0.15, 0.2) is 0 Å². The Morgan fingerprint density at radius 1 is 1.03 bits per heavy atom. The van der Waals surface area contributed by atoms with Crippen molar-refractivity contribution in [3.63, 3.8) is 0 Å². The second-order valence-corrected chi connectivity index (χ2v) is 7.32. The largest absolute Gasteiger partial charge is 0.467 e. The molecule has 2 atom stereocenters. The molecule has 30 heavy (non-hydrogen) atoms. The molecular formula is C20H28N2O8. The van der Waals surface area contributed by atoms with Crippen LogP contribution in [0.15, 0.2) is 30.3 Å². The average molecular weight is 424 g/mol. The van der Waals surface area contributed by atoms with Gasteiger partial charge in [-0.2, -0.15) is 0 Å². The van der Waals surface area contributed by atoms with Crippen LogP contribution in [-0.2, 0) is 35.2 Å². The summed E-state index contributed by atoms with van der Waals surface area (Å²) in [5.41, 5.74) is -0.0415. The van der Waals surface area contributed by atoms with Crippen molar-refractivity contribution in [3.8, 4) is 0 Å². The van der Waals surface area contributed by atoms with Gasteiger partial charge in [0.1, 0.15) is 24.3 Å². The minimum atomic E-state index is -1.40. The summed E-state index contributed by atoms with van der Waals surface area (Å²) in [6.07, 6.45) is -1.42. The Kier molecular flexibility index (Phi) is 9.76. The number of carbonyl (C=O) groups is 4. The second kappa shape index (κ2) is 11.8. The first-order chi connectivity index (χ1) is 14.1. The van der Waals surface area contributed by atoms with Crippen LogP contribution in [-0.4, -0.2) is 60.4 Å². The number of nitrogens with one attached hydrogen (secondary N) is 2. The summed E-state index contributed by atoms with van der Waals surface area (Å²) in [7, 11) is 1.10. The van der Waals surface area contributed by atoms with Crippen LogP contribution in [0.4, 0.5) is 4.79 Å². The molecule has 0 bridgehead atoms. The number of hydrogen-bond donors (Lipinski definition) is 3. The molecule has 1 aromatic carbocycles. The van der Waals surface area contributed by atoms with E-state index < -0.39 is 54.7 Å². The van der Waals surface area contributed by atoms with Crippen molar-refractivity contribution in [2.45, 2.75) is 51.5 Å². The molecule has 0 aliphatic heterocycles. The number of benzene rings is 1. The zero-order valence-electron chi connectivity index (χ0n) is 17.5. The summed E-state index contributed by atoms with van der Waals surface area (Å²) in [6, 6.07) is 6.11. The number of methoxy groups -OCH3 is 1. The van der Waals surface area contributed by atoms with Crippen molar-refractivity contribution >= 4 is 23.9 Å². The third kappa shape index (κ3) is 9.37. The number of aliphatic hydroxyl groups is 1. The molecular weight excluding hydrogens is 396 g/mol. The van der Waals surface area contributed by atoms with Gasteiger partial charge in [-0.3, -0.25) is 9.59 Å². The predicted molar refractivity (Wildman–Crippen MR) is 105 cm³/mol. The molecule has 1 aromatic rings. The Balaban J connectivity index is 2.66. The Morgan fingerprint density at radius 3 is 2.20 bits per heavy atom. The van der Waals surface area contributed by atoms with Gasteiger partial charge in [-0.1, -0.05) is 30.3 Å². The van der Waals surface area contributed by atoms with E-state index in [1.54, 1.807) is 45.0 Å². The molecule has 0 saturated heterocycles. The first-order valence-corrected chi connectivity index (χ1v) is 9.24. The molecule has 0 saturated carbocycles. The normalized spacial score (nSPS) is 12.8. The zero-order chi connectivity index (χ0) is 22.7. The van der Waals surface area contributed by atoms with Crippen molar-refractivity contribution < 1.29 is 38.5 Å². The third-order valence-corrected chi connectivity index (χ3v) is 3.60. The van der Waals surface area contributed by atoms with Gasteiger partial charge in [0, 0.05) is 0 Å². The lowest BCUT2D eigenvalue weighted by Gasteiger charge is -2.23. The fraction of sp³-hybridized carbons (Fsp3) is 0.500. The highest BCUT2D eigenvalue weighted by molar-refractivity contribution is 5.91. The molecule has 0 aromatic heterocycles. The minimum Gasteiger partial charge on any atom is -0.467 e. The number of carbonyl (C=O) groups excluding carboxylic acids is 4. The summed E-state index contributed by atoms with van der Waals surface area (Å²) >= 11 is 0. The lowest BCUT2D eigenvalue weighted by atomic mass is 10.1. The second-order valence-electron chi connectivity index (χ2n) is 7.32. The maximum absolute atomic E-state index is 12.4. The fourth-order valence-electron chi connectivity index (χ4n) is 2.26. The van der Waals surface area contributed by atoms with E-state index in [1.807, 2.05) is 6.07 Å². The lowest BCUT2D eigenvalue weighted by molar-refractivity contribution is -0.159. The number of rotatable bonds is 9. The molecule has 0 spiro atoms. The zero-order valence-corrected chi connectivity index (χ0v) is 17.5. The topological polar surface area (TPSA) is 140 Å². The number of ether oxygens (including phenoxy) is 3. The van der Waals surface area contributed by atoms with Crippen molar-refractivity contribution in [1.82, 2.24) is 10.6 Å². The highest BCUT2D eigenvalue weighted by Crippen LogP contribution is 2.10. The van der Waals surface area contributed by atoms with Gasteiger partial charge < -0.3 is 30.0 Å². The SMILES string of the molecule is COC(=O)[C@@H](CC(=O)OC(C)(C)C)NC(=O)[C@H](CO)NC(=O)OCc1ccccc1. The van der Waals surface area contributed by atoms with Gasteiger partial charge in [0.2, 0.25) is 5.91 Å². The van der Waals surface area contributed by atoms with Gasteiger partial charge >= 0.3 is 18.0 Å². The summed E-state index contributed by atoms with van der Waals surface area (Å²) in [4.78, 5) is 48.2. The number of hydrogen-bond acceptors (Lipinski definition) is 8. The quantitative estimate of drug-likeness (QED) is 0.388. The number of esters is 2. The van der Waals surface area contributed by atoms with Crippen LogP contribution in [0, 0.1) is 0 Å². The van der Waals surface area contributed by atoms with Crippen LogP contribution in [0.3, 0.4) is 0 Å². The average Bonchev–Trinajstić information content (AvgIpc) is 2.68. The van der Waals surface area contributed by atoms with Gasteiger partial charge in [0.25, 0.3) is 0 Å². The number of aliphatic hydroxyl groups excluding tert-OH is 1. The van der Waals surface area contributed by atoms with E-state index in [9.17, 15) is 24.3 Å². The van der Waals surface area contributed by atoms with Crippen LogP contribution >= 0.6 is 0 Å². The van der Waals surface area contributed by atoms with E-state index in [0.717, 1.165) is 12.7 Å². The molecule has 166 valence electrons. The molecule has 2 amide bonds. The summed E-state index contributed by atoms with van der Waals surface area (Å²) in [5, 5.41) is 13.9. The molecule has 0 fully saturated rings. The Labute approximate surface area is 174 Å². The van der Waals surface area contributed by atoms with Crippen molar-refractivity contribution in [2.24, 2.45) is 0 Å². The Morgan fingerprint density at radius 2 is 1.67 bits per heavy atom. The summed E-state index contributed by atoms with van der Waals surface area (Å²) in [6.45, 7) is 4.18. The van der Waals surface area contributed by atoms with Crippen LogP contribution in [0.2, 0.25) is 0 Å². The summed E-state index contributed by atoms with van der Waals surface area (Å²) in [5.74, 6) is -2.50. The molecule has 3 N–H and O–H groups in total. The summed E-state index contributed by atoms with van der Waals surface area (Å²) < 4.78 is 14.7. The van der Waals surface area contributed by atoms with E-state index in [1.165, 1.54) is 0 Å². The maximum Gasteiger partial charge on any atom is 0.408 e. The van der Waals surface area contributed by atoms with Crippen LogP contribution in [0.25, 0.3) is 0 Å². The third-order valence-electron chi connectivity index (χ3n) is 3.60. The molecule has 10 heteroatoms. The maximum atomic E-state index is 12.4. The first-order valence-electron chi connectivity index (χ1n) is 9.24. The molecule has 0 heterocycles. The minimum absolute atomic E-state index is 0.0319. The van der Waals surface area contributed by atoms with Crippen molar-refractivity contribution in [3.05, 3.63) is 35.9 Å². The van der Waals surface area contributed by atoms with Gasteiger partial charge in [-0.05, 0) is 26.3 Å². The highest BCUT2D eigenvalue weighted by Gasteiger charge is 2.30. The molecule has 0 radical (unpaired) electrons. The van der Waals surface area contributed by atoms with Crippen molar-refractivity contribution in [2.75, 3.05) is 13.7 Å². The highest BCUT2D eigenvalue weighted by atomic mass is 16.6. The van der Waals surface area contributed by atoms with E-state index in [-0.39, 0.29) is 6.61 Å².